The Morgan fingerprint density at radius 3 is 2.61 bits per heavy atom. The lowest BCUT2D eigenvalue weighted by atomic mass is 9.75. The van der Waals surface area contributed by atoms with Crippen LogP contribution in [0.3, 0.4) is 0 Å². The maximum atomic E-state index is 10.5. The summed E-state index contributed by atoms with van der Waals surface area (Å²) in [5, 5.41) is 13.8. The minimum absolute atomic E-state index is 0.0199. The van der Waals surface area contributed by atoms with Gasteiger partial charge in [0.15, 0.2) is 0 Å². The van der Waals surface area contributed by atoms with Gasteiger partial charge >= 0.3 is 0 Å². The van der Waals surface area contributed by atoms with Crippen molar-refractivity contribution in [1.29, 1.82) is 0 Å². The molecule has 1 aliphatic rings. The van der Waals surface area contributed by atoms with Gasteiger partial charge in [-0.25, -0.2) is 4.98 Å². The van der Waals surface area contributed by atoms with E-state index in [0.717, 1.165) is 6.54 Å². The molecular formula is C12H18N4O2. The molecule has 1 aliphatic carbocycles. The van der Waals surface area contributed by atoms with Crippen LogP contribution in [0.5, 0.6) is 0 Å². The van der Waals surface area contributed by atoms with Gasteiger partial charge in [0.25, 0.3) is 5.69 Å². The first kappa shape index (κ1) is 12.8. The highest BCUT2D eigenvalue weighted by atomic mass is 16.6. The van der Waals surface area contributed by atoms with Gasteiger partial charge in [0.2, 0.25) is 0 Å². The second-order valence-corrected chi connectivity index (χ2v) is 4.98. The molecule has 6 heteroatoms. The van der Waals surface area contributed by atoms with Crippen LogP contribution in [0, 0.1) is 10.1 Å². The van der Waals surface area contributed by atoms with Crippen LogP contribution >= 0.6 is 0 Å². The Labute approximate surface area is 106 Å². The first-order valence-corrected chi connectivity index (χ1v) is 6.05. The molecule has 0 amide bonds. The number of nitro groups is 1. The molecule has 0 aliphatic heterocycles. The van der Waals surface area contributed by atoms with E-state index in [0.29, 0.717) is 5.82 Å². The van der Waals surface area contributed by atoms with Crippen LogP contribution < -0.4 is 5.32 Å². The third kappa shape index (κ3) is 2.43. The summed E-state index contributed by atoms with van der Waals surface area (Å²) in [6, 6.07) is 3.12. The van der Waals surface area contributed by atoms with E-state index in [1.54, 1.807) is 6.07 Å². The van der Waals surface area contributed by atoms with Crippen molar-refractivity contribution < 1.29 is 4.92 Å². The van der Waals surface area contributed by atoms with Gasteiger partial charge in [-0.2, -0.15) is 0 Å². The molecule has 1 saturated carbocycles. The van der Waals surface area contributed by atoms with Gasteiger partial charge in [-0.3, -0.25) is 10.1 Å². The van der Waals surface area contributed by atoms with Crippen molar-refractivity contribution in [1.82, 2.24) is 9.88 Å². The summed E-state index contributed by atoms with van der Waals surface area (Å²) in [5.41, 5.74) is 0.232. The molecule has 1 N–H and O–H groups in total. The van der Waals surface area contributed by atoms with Gasteiger partial charge in [-0.05, 0) is 39.4 Å². The molecule has 18 heavy (non-hydrogen) atoms. The lowest BCUT2D eigenvalue weighted by Gasteiger charge is -2.47. The van der Waals surface area contributed by atoms with E-state index in [9.17, 15) is 10.1 Å². The van der Waals surface area contributed by atoms with Crippen molar-refractivity contribution in [2.24, 2.45) is 0 Å². The van der Waals surface area contributed by atoms with Crippen molar-refractivity contribution >= 4 is 11.5 Å². The van der Waals surface area contributed by atoms with Crippen molar-refractivity contribution in [2.45, 2.75) is 24.8 Å². The van der Waals surface area contributed by atoms with Crippen LogP contribution in [0.15, 0.2) is 18.3 Å². The Hall–Kier alpha value is -1.69. The zero-order valence-electron chi connectivity index (χ0n) is 10.7. The van der Waals surface area contributed by atoms with Crippen LogP contribution in [0.4, 0.5) is 11.5 Å². The number of likely N-dealkylation sites (N-methyl/N-ethyl adjacent to an activating group) is 1. The molecule has 0 spiro atoms. The summed E-state index contributed by atoms with van der Waals surface area (Å²) >= 11 is 0. The van der Waals surface area contributed by atoms with Gasteiger partial charge in [0.1, 0.15) is 12.0 Å². The quantitative estimate of drug-likeness (QED) is 0.638. The highest BCUT2D eigenvalue weighted by Gasteiger charge is 2.38. The van der Waals surface area contributed by atoms with E-state index in [4.69, 9.17) is 0 Å². The Kier molecular flexibility index (Phi) is 3.47. The fourth-order valence-electron chi connectivity index (χ4n) is 2.22. The van der Waals surface area contributed by atoms with Crippen molar-refractivity contribution in [3.63, 3.8) is 0 Å². The monoisotopic (exact) mass is 250 g/mol. The van der Waals surface area contributed by atoms with Gasteiger partial charge in [0.05, 0.1) is 4.92 Å². The fraction of sp³-hybridized carbons (Fsp3) is 0.583. The maximum Gasteiger partial charge on any atom is 0.287 e. The Morgan fingerprint density at radius 2 is 2.22 bits per heavy atom. The van der Waals surface area contributed by atoms with Crippen molar-refractivity contribution in [3.05, 3.63) is 28.4 Å². The zero-order valence-corrected chi connectivity index (χ0v) is 10.7. The molecule has 2 rings (SSSR count). The summed E-state index contributed by atoms with van der Waals surface area (Å²) in [6.45, 7) is 0.824. The summed E-state index contributed by atoms with van der Waals surface area (Å²) in [4.78, 5) is 16.4. The second kappa shape index (κ2) is 4.89. The molecular weight excluding hydrogens is 232 g/mol. The van der Waals surface area contributed by atoms with Crippen LogP contribution in [0.2, 0.25) is 0 Å². The van der Waals surface area contributed by atoms with Crippen molar-refractivity contribution in [3.8, 4) is 0 Å². The largest absolute Gasteiger partial charge is 0.368 e. The number of rotatable bonds is 5. The highest BCUT2D eigenvalue weighted by Crippen LogP contribution is 2.36. The minimum atomic E-state index is -0.440. The summed E-state index contributed by atoms with van der Waals surface area (Å²) in [7, 11) is 4.17. The fourth-order valence-corrected chi connectivity index (χ4v) is 2.22. The SMILES string of the molecule is CN(C)C1(CNc2ccc([N+](=O)[O-])cn2)CCC1. The van der Waals surface area contributed by atoms with Gasteiger partial charge in [-0.1, -0.05) is 0 Å². The molecule has 0 bridgehead atoms. The number of anilines is 1. The molecule has 0 unspecified atom stereocenters. The summed E-state index contributed by atoms with van der Waals surface area (Å²) in [5.74, 6) is 0.689. The second-order valence-electron chi connectivity index (χ2n) is 4.98. The van der Waals surface area contributed by atoms with Gasteiger partial charge in [0, 0.05) is 18.2 Å². The molecule has 0 aromatic carbocycles. The number of nitrogens with zero attached hydrogens (tertiary/aromatic N) is 3. The van der Waals surface area contributed by atoms with E-state index < -0.39 is 4.92 Å². The topological polar surface area (TPSA) is 71.3 Å². The predicted octanol–water partition coefficient (Wildman–Crippen LogP) is 1.89. The van der Waals surface area contributed by atoms with Gasteiger partial charge in [-0.15, -0.1) is 0 Å². The van der Waals surface area contributed by atoms with Crippen LogP contribution in [-0.2, 0) is 0 Å². The first-order valence-electron chi connectivity index (χ1n) is 6.05. The van der Waals surface area contributed by atoms with E-state index in [1.807, 2.05) is 0 Å². The summed E-state index contributed by atoms with van der Waals surface area (Å²) in [6.07, 6.45) is 4.90. The average molecular weight is 250 g/mol. The molecule has 0 radical (unpaired) electrons. The molecule has 0 atom stereocenters. The molecule has 1 aromatic rings. The van der Waals surface area contributed by atoms with Crippen molar-refractivity contribution in [2.75, 3.05) is 26.0 Å². The third-order valence-electron chi connectivity index (χ3n) is 3.79. The van der Waals surface area contributed by atoms with E-state index in [-0.39, 0.29) is 11.2 Å². The minimum Gasteiger partial charge on any atom is -0.368 e. The number of nitrogens with one attached hydrogen (secondary N) is 1. The predicted molar refractivity (Wildman–Crippen MR) is 69.7 cm³/mol. The number of aromatic nitrogens is 1. The molecule has 1 heterocycles. The standard InChI is InChI=1S/C12H18N4O2/c1-15(2)12(6-3-7-12)9-14-11-5-4-10(8-13-11)16(17)18/h4-5,8H,3,6-7,9H2,1-2H3,(H,13,14). The van der Waals surface area contributed by atoms with Crippen LogP contribution in [0.25, 0.3) is 0 Å². The van der Waals surface area contributed by atoms with Crippen LogP contribution in [-0.4, -0.2) is 41.0 Å². The van der Waals surface area contributed by atoms with Crippen LogP contribution in [0.1, 0.15) is 19.3 Å². The number of hydrogen-bond donors (Lipinski definition) is 1. The molecule has 0 saturated heterocycles. The summed E-state index contributed by atoms with van der Waals surface area (Å²) < 4.78 is 0. The van der Waals surface area contributed by atoms with E-state index in [2.05, 4.69) is 29.3 Å². The molecule has 6 nitrogen and oxygen atoms in total. The number of pyridine rings is 1. The normalized spacial score (nSPS) is 17.3. The zero-order chi connectivity index (χ0) is 13.2. The Balaban J connectivity index is 1.96. The molecule has 1 fully saturated rings. The van der Waals surface area contributed by atoms with E-state index >= 15 is 0 Å². The smallest absolute Gasteiger partial charge is 0.287 e. The lowest BCUT2D eigenvalue weighted by Crippen LogP contribution is -2.54. The van der Waals surface area contributed by atoms with Gasteiger partial charge < -0.3 is 10.2 Å². The number of hydrogen-bond acceptors (Lipinski definition) is 5. The highest BCUT2D eigenvalue weighted by molar-refractivity contribution is 5.40. The molecule has 1 aromatic heterocycles. The van der Waals surface area contributed by atoms with E-state index in [1.165, 1.54) is 31.5 Å². The molecule has 98 valence electrons. The first-order chi connectivity index (χ1) is 8.53. The maximum absolute atomic E-state index is 10.5. The Bertz CT molecular complexity index is 426. The lowest BCUT2D eigenvalue weighted by molar-refractivity contribution is -0.385. The average Bonchev–Trinajstić information content (AvgIpc) is 2.27. The third-order valence-corrected chi connectivity index (χ3v) is 3.79. The Morgan fingerprint density at radius 1 is 1.50 bits per heavy atom.